The highest BCUT2D eigenvalue weighted by atomic mass is 32.1. The van der Waals surface area contributed by atoms with Crippen molar-refractivity contribution >= 4 is 16.9 Å². The maximum Gasteiger partial charge on any atom is 0.0471 e. The molecule has 1 aromatic rings. The Morgan fingerprint density at radius 2 is 2.50 bits per heavy atom. The molecule has 1 heterocycles. The summed E-state index contributed by atoms with van der Waals surface area (Å²) in [5.74, 6) is 0. The maximum absolute atomic E-state index is 8.58. The Morgan fingerprint density at radius 1 is 1.70 bits per heavy atom. The van der Waals surface area contributed by atoms with Gasteiger partial charge in [-0.3, -0.25) is 0 Å². The smallest absolute Gasteiger partial charge is 0.0471 e. The van der Waals surface area contributed by atoms with Gasteiger partial charge in [0.25, 0.3) is 0 Å². The number of thiophene rings is 1. The zero-order valence-electron chi connectivity index (χ0n) is 5.71. The Hall–Kier alpha value is -0.600. The van der Waals surface area contributed by atoms with Crippen LogP contribution in [0.3, 0.4) is 0 Å². The van der Waals surface area contributed by atoms with Gasteiger partial charge >= 0.3 is 0 Å². The van der Waals surface area contributed by atoms with Gasteiger partial charge in [0.1, 0.15) is 0 Å². The van der Waals surface area contributed by atoms with Gasteiger partial charge in [0.05, 0.1) is 0 Å². The van der Waals surface area contributed by atoms with Crippen molar-refractivity contribution in [2.45, 2.75) is 6.42 Å². The second-order valence-electron chi connectivity index (χ2n) is 2.05. The van der Waals surface area contributed by atoms with Crippen molar-refractivity contribution in [2.75, 3.05) is 6.61 Å². The minimum absolute atomic E-state index is 0.191. The summed E-state index contributed by atoms with van der Waals surface area (Å²) in [5.41, 5.74) is 1.03. The molecule has 0 aliphatic carbocycles. The number of aliphatic hydroxyl groups excluding tert-OH is 1. The van der Waals surface area contributed by atoms with E-state index in [1.54, 1.807) is 11.3 Å². The summed E-state index contributed by atoms with van der Waals surface area (Å²) in [5, 5.41) is 10.6. The van der Waals surface area contributed by atoms with Crippen molar-refractivity contribution in [2.24, 2.45) is 0 Å². The molecule has 1 nitrogen and oxygen atoms in total. The van der Waals surface area contributed by atoms with Crippen molar-refractivity contribution in [1.29, 1.82) is 0 Å². The molecule has 0 saturated carbocycles. The molecule has 54 valence electrons. The zero-order chi connectivity index (χ0) is 7.40. The van der Waals surface area contributed by atoms with E-state index >= 15 is 0 Å². The summed E-state index contributed by atoms with van der Waals surface area (Å²) in [6.07, 6.45) is 0.681. The summed E-state index contributed by atoms with van der Waals surface area (Å²) >= 11 is 1.66. The van der Waals surface area contributed by atoms with Crippen LogP contribution >= 0.6 is 11.3 Å². The van der Waals surface area contributed by atoms with Crippen molar-refractivity contribution in [3.63, 3.8) is 0 Å². The molecule has 0 saturated heterocycles. The molecule has 1 N–H and O–H groups in total. The molecular weight excluding hydrogens is 144 g/mol. The van der Waals surface area contributed by atoms with Crippen LogP contribution in [0.15, 0.2) is 24.1 Å². The third-order valence-corrected chi connectivity index (χ3v) is 2.26. The summed E-state index contributed by atoms with van der Waals surface area (Å²) in [6.45, 7) is 4.03. The predicted octanol–water partition coefficient (Wildman–Crippen LogP) is 2.14. The first kappa shape index (κ1) is 7.51. The molecule has 10 heavy (non-hydrogen) atoms. The van der Waals surface area contributed by atoms with Crippen LogP contribution in [0.2, 0.25) is 0 Å². The van der Waals surface area contributed by atoms with Gasteiger partial charge in [0.2, 0.25) is 0 Å². The van der Waals surface area contributed by atoms with Crippen LogP contribution in [0, 0.1) is 0 Å². The molecule has 1 aromatic heterocycles. The Bertz CT molecular complexity index is 201. The second-order valence-corrected chi connectivity index (χ2v) is 3.00. The number of hydrogen-bond acceptors (Lipinski definition) is 2. The first-order chi connectivity index (χ1) is 4.84. The van der Waals surface area contributed by atoms with E-state index in [0.29, 0.717) is 6.42 Å². The van der Waals surface area contributed by atoms with Crippen molar-refractivity contribution in [3.05, 3.63) is 29.0 Å². The van der Waals surface area contributed by atoms with E-state index in [0.717, 1.165) is 5.57 Å². The zero-order valence-corrected chi connectivity index (χ0v) is 6.53. The Kier molecular flexibility index (Phi) is 2.66. The number of aliphatic hydroxyl groups is 1. The second kappa shape index (κ2) is 3.54. The largest absolute Gasteiger partial charge is 0.396 e. The van der Waals surface area contributed by atoms with Crippen LogP contribution in [0.4, 0.5) is 0 Å². The van der Waals surface area contributed by atoms with E-state index in [4.69, 9.17) is 5.11 Å². The molecule has 0 radical (unpaired) electrons. The average Bonchev–Trinajstić information content (AvgIpc) is 2.38. The molecule has 0 aliphatic rings. The Labute approximate surface area is 64.6 Å². The highest BCUT2D eigenvalue weighted by molar-refractivity contribution is 7.11. The molecule has 0 atom stereocenters. The van der Waals surface area contributed by atoms with Gasteiger partial charge in [-0.1, -0.05) is 12.6 Å². The van der Waals surface area contributed by atoms with Gasteiger partial charge in [-0.2, -0.15) is 0 Å². The first-order valence-electron chi connectivity index (χ1n) is 3.17. The van der Waals surface area contributed by atoms with E-state index in [-0.39, 0.29) is 6.61 Å². The maximum atomic E-state index is 8.58. The fourth-order valence-corrected chi connectivity index (χ4v) is 1.47. The molecular formula is C8H10OS. The summed E-state index contributed by atoms with van der Waals surface area (Å²) in [4.78, 5) is 1.18. The monoisotopic (exact) mass is 154 g/mol. The van der Waals surface area contributed by atoms with Gasteiger partial charge < -0.3 is 5.11 Å². The highest BCUT2D eigenvalue weighted by Crippen LogP contribution is 2.20. The molecule has 0 aliphatic heterocycles. The minimum atomic E-state index is 0.191. The van der Waals surface area contributed by atoms with Crippen molar-refractivity contribution in [1.82, 2.24) is 0 Å². The molecule has 0 spiro atoms. The standard InChI is InChI=1S/C8H10OS/c1-7(4-5-9)8-3-2-6-10-8/h2-3,6,9H,1,4-5H2. The topological polar surface area (TPSA) is 20.2 Å². The minimum Gasteiger partial charge on any atom is -0.396 e. The molecule has 0 bridgehead atoms. The third-order valence-electron chi connectivity index (χ3n) is 1.28. The van der Waals surface area contributed by atoms with E-state index in [1.807, 2.05) is 17.5 Å². The fourth-order valence-electron chi connectivity index (χ4n) is 0.738. The lowest BCUT2D eigenvalue weighted by molar-refractivity contribution is 0.305. The van der Waals surface area contributed by atoms with Crippen LogP contribution in [0.1, 0.15) is 11.3 Å². The lowest BCUT2D eigenvalue weighted by Crippen LogP contribution is -1.83. The van der Waals surface area contributed by atoms with Crippen molar-refractivity contribution < 1.29 is 5.11 Å². The average molecular weight is 154 g/mol. The van der Waals surface area contributed by atoms with E-state index in [1.165, 1.54) is 4.88 Å². The van der Waals surface area contributed by atoms with Gasteiger partial charge in [-0.25, -0.2) is 0 Å². The van der Waals surface area contributed by atoms with Crippen molar-refractivity contribution in [3.8, 4) is 0 Å². The summed E-state index contributed by atoms with van der Waals surface area (Å²) in [7, 11) is 0. The predicted molar refractivity (Wildman–Crippen MR) is 45.1 cm³/mol. The molecule has 0 unspecified atom stereocenters. The Morgan fingerprint density at radius 3 is 3.00 bits per heavy atom. The van der Waals surface area contributed by atoms with Gasteiger partial charge in [-0.15, -0.1) is 11.3 Å². The molecule has 1 rings (SSSR count). The highest BCUT2D eigenvalue weighted by Gasteiger charge is 1.96. The third kappa shape index (κ3) is 1.69. The number of rotatable bonds is 3. The fraction of sp³-hybridized carbons (Fsp3) is 0.250. The van der Waals surface area contributed by atoms with Crippen LogP contribution in [-0.4, -0.2) is 11.7 Å². The van der Waals surface area contributed by atoms with Crippen LogP contribution < -0.4 is 0 Å². The van der Waals surface area contributed by atoms with Gasteiger partial charge in [-0.05, 0) is 23.4 Å². The molecule has 2 heteroatoms. The SMILES string of the molecule is C=C(CCO)c1cccs1. The Balaban J connectivity index is 2.59. The number of hydrogen-bond donors (Lipinski definition) is 1. The molecule has 0 amide bonds. The summed E-state index contributed by atoms with van der Waals surface area (Å²) < 4.78 is 0. The van der Waals surface area contributed by atoms with Gasteiger partial charge in [0, 0.05) is 11.5 Å². The lowest BCUT2D eigenvalue weighted by atomic mass is 10.2. The van der Waals surface area contributed by atoms with Gasteiger partial charge in [0.15, 0.2) is 0 Å². The normalized spacial score (nSPS) is 9.70. The summed E-state index contributed by atoms with van der Waals surface area (Å²) in [6, 6.07) is 4.01. The van der Waals surface area contributed by atoms with Crippen LogP contribution in [0.5, 0.6) is 0 Å². The van der Waals surface area contributed by atoms with E-state index in [2.05, 4.69) is 6.58 Å². The van der Waals surface area contributed by atoms with E-state index in [9.17, 15) is 0 Å². The van der Waals surface area contributed by atoms with E-state index < -0.39 is 0 Å². The lowest BCUT2D eigenvalue weighted by Gasteiger charge is -1.96. The quantitative estimate of drug-likeness (QED) is 0.707. The molecule has 0 aromatic carbocycles. The molecule has 0 fully saturated rings. The van der Waals surface area contributed by atoms with Crippen LogP contribution in [0.25, 0.3) is 5.57 Å². The first-order valence-corrected chi connectivity index (χ1v) is 4.05. The van der Waals surface area contributed by atoms with Crippen LogP contribution in [-0.2, 0) is 0 Å².